The number of hydrogen-bond donors (Lipinski definition) is 1. The summed E-state index contributed by atoms with van der Waals surface area (Å²) in [7, 11) is 3.21. The Kier molecular flexibility index (Phi) is 6.99. The van der Waals surface area contributed by atoms with Crippen LogP contribution in [0.1, 0.15) is 17.5 Å². The molecule has 1 rings (SSSR count). The molecule has 0 aromatic heterocycles. The summed E-state index contributed by atoms with van der Waals surface area (Å²) in [5.74, 6) is 0.400. The van der Waals surface area contributed by atoms with Crippen molar-refractivity contribution in [3.05, 3.63) is 34.9 Å². The van der Waals surface area contributed by atoms with Gasteiger partial charge in [-0.2, -0.15) is 5.26 Å². The van der Waals surface area contributed by atoms with Crippen LogP contribution >= 0.6 is 0 Å². The largest absolute Gasteiger partial charge is 0.496 e. The van der Waals surface area contributed by atoms with Crippen LogP contribution in [-0.4, -0.2) is 33.3 Å². The van der Waals surface area contributed by atoms with Gasteiger partial charge in [-0.1, -0.05) is 6.07 Å². The minimum atomic E-state index is -0.373. The number of benzene rings is 1. The van der Waals surface area contributed by atoms with Crippen molar-refractivity contribution in [2.75, 3.05) is 27.4 Å². The van der Waals surface area contributed by atoms with E-state index < -0.39 is 0 Å². The van der Waals surface area contributed by atoms with Gasteiger partial charge in [0.2, 0.25) is 0 Å². The molecule has 0 aliphatic rings. The molecule has 0 aliphatic heterocycles. The van der Waals surface area contributed by atoms with Gasteiger partial charge in [-0.15, -0.1) is 0 Å². The minimum Gasteiger partial charge on any atom is -0.496 e. The highest BCUT2D eigenvalue weighted by Crippen LogP contribution is 2.20. The van der Waals surface area contributed by atoms with Crippen molar-refractivity contribution in [2.45, 2.75) is 13.3 Å². The topological polar surface area (TPSA) is 71.3 Å². The van der Waals surface area contributed by atoms with Gasteiger partial charge in [0, 0.05) is 20.3 Å². The van der Waals surface area contributed by atoms with E-state index in [1.54, 1.807) is 26.4 Å². The van der Waals surface area contributed by atoms with Gasteiger partial charge in [-0.3, -0.25) is 4.79 Å². The van der Waals surface area contributed by atoms with Gasteiger partial charge in [-0.25, -0.2) is 0 Å². The SMILES string of the molecule is COCCCNC(=O)/C(C#N)=C/c1ccc(OC)c(C)c1. The summed E-state index contributed by atoms with van der Waals surface area (Å²) in [5.41, 5.74) is 1.82. The maximum Gasteiger partial charge on any atom is 0.261 e. The normalized spacial score (nSPS) is 10.9. The van der Waals surface area contributed by atoms with E-state index in [9.17, 15) is 4.79 Å². The maximum atomic E-state index is 11.9. The van der Waals surface area contributed by atoms with E-state index in [0.29, 0.717) is 19.6 Å². The molecule has 0 atom stereocenters. The molecular weight excluding hydrogens is 268 g/mol. The molecule has 0 heterocycles. The van der Waals surface area contributed by atoms with Gasteiger partial charge < -0.3 is 14.8 Å². The summed E-state index contributed by atoms with van der Waals surface area (Å²) in [6.07, 6.45) is 2.28. The molecule has 0 fully saturated rings. The highest BCUT2D eigenvalue weighted by Gasteiger charge is 2.08. The smallest absolute Gasteiger partial charge is 0.261 e. The van der Waals surface area contributed by atoms with E-state index in [0.717, 1.165) is 16.9 Å². The summed E-state index contributed by atoms with van der Waals surface area (Å²) in [6.45, 7) is 2.96. The molecular formula is C16H20N2O3. The quantitative estimate of drug-likeness (QED) is 0.473. The van der Waals surface area contributed by atoms with E-state index in [1.165, 1.54) is 0 Å². The first-order chi connectivity index (χ1) is 10.1. The predicted octanol–water partition coefficient (Wildman–Crippen LogP) is 2.06. The van der Waals surface area contributed by atoms with E-state index in [1.807, 2.05) is 25.1 Å². The molecule has 1 aromatic carbocycles. The third-order valence-electron chi connectivity index (χ3n) is 2.91. The highest BCUT2D eigenvalue weighted by molar-refractivity contribution is 6.01. The molecule has 1 aromatic rings. The number of nitrogens with one attached hydrogen (secondary N) is 1. The summed E-state index contributed by atoms with van der Waals surface area (Å²) in [4.78, 5) is 11.9. The van der Waals surface area contributed by atoms with Crippen molar-refractivity contribution in [3.63, 3.8) is 0 Å². The Morgan fingerprint density at radius 3 is 2.76 bits per heavy atom. The molecule has 1 N–H and O–H groups in total. The Morgan fingerprint density at radius 1 is 1.43 bits per heavy atom. The van der Waals surface area contributed by atoms with Gasteiger partial charge in [0.25, 0.3) is 5.91 Å². The van der Waals surface area contributed by atoms with Crippen LogP contribution in [0.5, 0.6) is 5.75 Å². The first kappa shape index (κ1) is 16.7. The number of nitrogens with zero attached hydrogens (tertiary/aromatic N) is 1. The molecule has 0 saturated carbocycles. The van der Waals surface area contributed by atoms with Crippen LogP contribution < -0.4 is 10.1 Å². The molecule has 5 heteroatoms. The lowest BCUT2D eigenvalue weighted by Crippen LogP contribution is -2.26. The number of amides is 1. The lowest BCUT2D eigenvalue weighted by atomic mass is 10.1. The lowest BCUT2D eigenvalue weighted by Gasteiger charge is -2.06. The third kappa shape index (κ3) is 5.28. The third-order valence-corrected chi connectivity index (χ3v) is 2.91. The number of carbonyl (C=O) groups is 1. The Morgan fingerprint density at radius 2 is 2.19 bits per heavy atom. The van der Waals surface area contributed by atoms with Gasteiger partial charge >= 0.3 is 0 Å². The van der Waals surface area contributed by atoms with Gasteiger partial charge in [0.05, 0.1) is 7.11 Å². The van der Waals surface area contributed by atoms with E-state index in [4.69, 9.17) is 14.7 Å². The molecule has 0 unspecified atom stereocenters. The van der Waals surface area contributed by atoms with Gasteiger partial charge in [-0.05, 0) is 42.7 Å². The fraction of sp³-hybridized carbons (Fsp3) is 0.375. The molecule has 112 valence electrons. The lowest BCUT2D eigenvalue weighted by molar-refractivity contribution is -0.117. The molecule has 0 saturated heterocycles. The second-order valence-electron chi connectivity index (χ2n) is 4.50. The number of ether oxygens (including phenoxy) is 2. The zero-order valence-corrected chi connectivity index (χ0v) is 12.6. The highest BCUT2D eigenvalue weighted by atomic mass is 16.5. The molecule has 21 heavy (non-hydrogen) atoms. The van der Waals surface area contributed by atoms with Crippen LogP contribution in [0.25, 0.3) is 6.08 Å². The Labute approximate surface area is 125 Å². The molecule has 1 amide bonds. The van der Waals surface area contributed by atoms with Gasteiger partial charge in [0.15, 0.2) is 0 Å². The van der Waals surface area contributed by atoms with Crippen LogP contribution in [-0.2, 0) is 9.53 Å². The van der Waals surface area contributed by atoms with E-state index in [-0.39, 0.29) is 11.5 Å². The predicted molar refractivity (Wildman–Crippen MR) is 80.8 cm³/mol. The van der Waals surface area contributed by atoms with E-state index >= 15 is 0 Å². The Hall–Kier alpha value is -2.32. The van der Waals surface area contributed by atoms with E-state index in [2.05, 4.69) is 5.32 Å². The Balaban J connectivity index is 2.77. The fourth-order valence-corrected chi connectivity index (χ4v) is 1.82. The average molecular weight is 288 g/mol. The number of carbonyl (C=O) groups excluding carboxylic acids is 1. The van der Waals surface area contributed by atoms with Crippen molar-refractivity contribution in [3.8, 4) is 11.8 Å². The van der Waals surface area contributed by atoms with Crippen LogP contribution in [0.2, 0.25) is 0 Å². The fourth-order valence-electron chi connectivity index (χ4n) is 1.82. The number of aryl methyl sites for hydroxylation is 1. The average Bonchev–Trinajstić information content (AvgIpc) is 2.49. The molecule has 0 bridgehead atoms. The molecule has 0 aliphatic carbocycles. The van der Waals surface area contributed by atoms with Crippen molar-refractivity contribution in [1.82, 2.24) is 5.32 Å². The first-order valence-electron chi connectivity index (χ1n) is 6.66. The summed E-state index contributed by atoms with van der Waals surface area (Å²) in [6, 6.07) is 7.41. The number of rotatable bonds is 7. The number of nitriles is 1. The Bertz CT molecular complexity index is 559. The van der Waals surface area contributed by atoms with Gasteiger partial charge in [0.1, 0.15) is 17.4 Å². The second-order valence-corrected chi connectivity index (χ2v) is 4.50. The van der Waals surface area contributed by atoms with Crippen LogP contribution in [0, 0.1) is 18.3 Å². The monoisotopic (exact) mass is 288 g/mol. The van der Waals surface area contributed by atoms with Crippen molar-refractivity contribution in [2.24, 2.45) is 0 Å². The standard InChI is InChI=1S/C16H20N2O3/c1-12-9-13(5-6-15(12)21-3)10-14(11-17)16(19)18-7-4-8-20-2/h5-6,9-10H,4,7-8H2,1-3H3,(H,18,19)/b14-10+. The zero-order chi connectivity index (χ0) is 15.7. The summed E-state index contributed by atoms with van der Waals surface area (Å²) < 4.78 is 10.1. The molecule has 5 nitrogen and oxygen atoms in total. The molecule has 0 radical (unpaired) electrons. The summed E-state index contributed by atoms with van der Waals surface area (Å²) >= 11 is 0. The number of hydrogen-bond acceptors (Lipinski definition) is 4. The number of methoxy groups -OCH3 is 2. The minimum absolute atomic E-state index is 0.0805. The van der Waals surface area contributed by atoms with Crippen LogP contribution in [0.4, 0.5) is 0 Å². The zero-order valence-electron chi connectivity index (χ0n) is 12.6. The summed E-state index contributed by atoms with van der Waals surface area (Å²) in [5, 5.41) is 11.8. The second kappa shape index (κ2) is 8.77. The van der Waals surface area contributed by atoms with Crippen molar-refractivity contribution < 1.29 is 14.3 Å². The van der Waals surface area contributed by atoms with Crippen LogP contribution in [0.3, 0.4) is 0 Å². The first-order valence-corrected chi connectivity index (χ1v) is 6.66. The van der Waals surface area contributed by atoms with Crippen molar-refractivity contribution >= 4 is 12.0 Å². The molecule has 0 spiro atoms. The van der Waals surface area contributed by atoms with Crippen molar-refractivity contribution in [1.29, 1.82) is 5.26 Å². The maximum absolute atomic E-state index is 11.9. The van der Waals surface area contributed by atoms with Crippen LogP contribution in [0.15, 0.2) is 23.8 Å².